The Hall–Kier alpha value is -1.60. The van der Waals surface area contributed by atoms with E-state index < -0.39 is 0 Å². The molecule has 0 aromatic heterocycles. The van der Waals surface area contributed by atoms with Gasteiger partial charge in [0.15, 0.2) is 0 Å². The first-order chi connectivity index (χ1) is 32.3. The van der Waals surface area contributed by atoms with Crippen molar-refractivity contribution in [3.05, 3.63) is 73.9 Å². The van der Waals surface area contributed by atoms with Crippen LogP contribution in [0.15, 0.2) is 68.3 Å². The molecule has 0 saturated heterocycles. The molecule has 378 valence electrons. The zero-order valence-corrected chi connectivity index (χ0v) is 44.5. The molecule has 0 bridgehead atoms. The average molecular weight is 902 g/mol. The maximum Gasteiger partial charge on any atom is 0.104 e. The highest BCUT2D eigenvalue weighted by Gasteiger charge is 2.26. The minimum Gasteiger partial charge on any atom is -0.320 e. The molecule has 0 radical (unpaired) electrons. The van der Waals surface area contributed by atoms with Crippen LogP contribution in [0.1, 0.15) is 314 Å². The van der Waals surface area contributed by atoms with E-state index in [1.807, 2.05) is 0 Å². The summed E-state index contributed by atoms with van der Waals surface area (Å²) in [6.07, 6.45) is 74.6. The van der Waals surface area contributed by atoms with E-state index in [-0.39, 0.29) is 0 Å². The van der Waals surface area contributed by atoms with Crippen LogP contribution in [0.25, 0.3) is 0 Å². The summed E-state index contributed by atoms with van der Waals surface area (Å²) >= 11 is 0. The number of quaternary nitrogens is 1. The molecule has 1 aromatic rings. The Morgan fingerprint density at radius 2 is 0.431 bits per heavy atom. The SMILES string of the molecule is C=CCCCCCCCCCCCCCCCCC[N+](CCCCCCCCCCCCCCCCCC=C)(CCCCCCCCCCCCCCCCCC=C)Cc1ccccc1. The topological polar surface area (TPSA) is 0 Å². The van der Waals surface area contributed by atoms with Gasteiger partial charge >= 0.3 is 0 Å². The highest BCUT2D eigenvalue weighted by molar-refractivity contribution is 5.13. The van der Waals surface area contributed by atoms with E-state index in [0.717, 1.165) is 0 Å². The molecule has 1 aromatic carbocycles. The maximum absolute atomic E-state index is 3.85. The van der Waals surface area contributed by atoms with Gasteiger partial charge in [0.05, 0.1) is 19.6 Å². The molecule has 0 aliphatic rings. The number of hydrogen-bond donors (Lipinski definition) is 0. The van der Waals surface area contributed by atoms with Gasteiger partial charge in [-0.05, 0) is 77.0 Å². The molecule has 1 nitrogen and oxygen atoms in total. The van der Waals surface area contributed by atoms with E-state index in [9.17, 15) is 0 Å². The first-order valence-electron chi connectivity index (χ1n) is 30.0. The Morgan fingerprint density at radius 1 is 0.246 bits per heavy atom. The Labute approximate surface area is 410 Å². The lowest BCUT2D eigenvalue weighted by molar-refractivity contribution is -0.941. The maximum atomic E-state index is 3.85. The highest BCUT2D eigenvalue weighted by Crippen LogP contribution is 2.24. The van der Waals surface area contributed by atoms with Gasteiger partial charge in [-0.15, -0.1) is 19.7 Å². The second-order valence-corrected chi connectivity index (χ2v) is 21.3. The van der Waals surface area contributed by atoms with Crippen LogP contribution in [-0.4, -0.2) is 24.1 Å². The van der Waals surface area contributed by atoms with E-state index in [4.69, 9.17) is 0 Å². The fraction of sp³-hybridized carbons (Fsp3) is 0.812. The molecule has 0 aliphatic heterocycles. The molecule has 0 atom stereocenters. The number of rotatable bonds is 56. The zero-order valence-electron chi connectivity index (χ0n) is 44.5. The lowest BCUT2D eigenvalue weighted by Gasteiger charge is -2.39. The number of benzene rings is 1. The molecule has 0 amide bonds. The Balaban J connectivity index is 2.44. The highest BCUT2D eigenvalue weighted by atomic mass is 15.3. The van der Waals surface area contributed by atoms with Gasteiger partial charge in [-0.2, -0.15) is 0 Å². The van der Waals surface area contributed by atoms with Crippen LogP contribution in [0, 0.1) is 0 Å². The molecule has 0 saturated carbocycles. The first-order valence-corrected chi connectivity index (χ1v) is 30.0. The van der Waals surface area contributed by atoms with Crippen molar-refractivity contribution < 1.29 is 4.48 Å². The van der Waals surface area contributed by atoms with Crippen LogP contribution in [0.3, 0.4) is 0 Å². The van der Waals surface area contributed by atoms with E-state index in [2.05, 4.69) is 68.3 Å². The van der Waals surface area contributed by atoms with Crippen molar-refractivity contribution in [3.8, 4) is 0 Å². The molecular formula is C64H118N+. The molecule has 1 heteroatoms. The van der Waals surface area contributed by atoms with Gasteiger partial charge in [0.1, 0.15) is 6.54 Å². The molecule has 0 unspecified atom stereocenters. The fourth-order valence-corrected chi connectivity index (χ4v) is 10.6. The predicted molar refractivity (Wildman–Crippen MR) is 297 cm³/mol. The molecule has 0 N–H and O–H groups in total. The molecule has 65 heavy (non-hydrogen) atoms. The Bertz CT molecular complexity index is 970. The molecule has 0 heterocycles. The monoisotopic (exact) mass is 901 g/mol. The summed E-state index contributed by atoms with van der Waals surface area (Å²) < 4.78 is 1.35. The third-order valence-electron chi connectivity index (χ3n) is 15.0. The number of unbranched alkanes of at least 4 members (excludes halogenated alkanes) is 45. The summed E-state index contributed by atoms with van der Waals surface area (Å²) in [6, 6.07) is 11.6. The van der Waals surface area contributed by atoms with E-state index in [1.165, 1.54) is 339 Å². The van der Waals surface area contributed by atoms with Gasteiger partial charge in [-0.3, -0.25) is 0 Å². The molecular weight excluding hydrogens is 783 g/mol. The summed E-state index contributed by atoms with van der Waals surface area (Å²) in [5.41, 5.74) is 1.57. The van der Waals surface area contributed by atoms with E-state index in [0.29, 0.717) is 0 Å². The van der Waals surface area contributed by atoms with Crippen molar-refractivity contribution in [1.82, 2.24) is 0 Å². The van der Waals surface area contributed by atoms with Crippen LogP contribution < -0.4 is 0 Å². The summed E-state index contributed by atoms with van der Waals surface area (Å²) in [5, 5.41) is 0. The average Bonchev–Trinajstić information content (AvgIpc) is 3.32. The van der Waals surface area contributed by atoms with E-state index in [1.54, 1.807) is 5.56 Å². The minimum absolute atomic E-state index is 1.20. The van der Waals surface area contributed by atoms with Crippen LogP contribution in [0.2, 0.25) is 0 Å². The minimum atomic E-state index is 1.20. The van der Waals surface area contributed by atoms with Gasteiger partial charge in [0.2, 0.25) is 0 Å². The summed E-state index contributed by atoms with van der Waals surface area (Å²) in [7, 11) is 0. The lowest BCUT2D eigenvalue weighted by atomic mass is 10.0. The number of hydrogen-bond acceptors (Lipinski definition) is 0. The Morgan fingerprint density at radius 3 is 0.631 bits per heavy atom. The largest absolute Gasteiger partial charge is 0.320 e. The van der Waals surface area contributed by atoms with E-state index >= 15 is 0 Å². The van der Waals surface area contributed by atoms with Crippen molar-refractivity contribution in [2.45, 2.75) is 315 Å². The molecule has 0 aliphatic carbocycles. The predicted octanol–water partition coefficient (Wildman–Crippen LogP) is 22.3. The Kier molecular flexibility index (Phi) is 48.9. The van der Waals surface area contributed by atoms with Crippen molar-refractivity contribution >= 4 is 0 Å². The molecule has 1 rings (SSSR count). The van der Waals surface area contributed by atoms with Crippen molar-refractivity contribution in [3.63, 3.8) is 0 Å². The first kappa shape index (κ1) is 61.4. The lowest BCUT2D eigenvalue weighted by Crippen LogP contribution is -2.49. The number of allylic oxidation sites excluding steroid dienone is 3. The zero-order chi connectivity index (χ0) is 46.5. The second-order valence-electron chi connectivity index (χ2n) is 21.3. The summed E-state index contributed by atoms with van der Waals surface area (Å²) in [5.74, 6) is 0. The van der Waals surface area contributed by atoms with Crippen LogP contribution in [0.4, 0.5) is 0 Å². The van der Waals surface area contributed by atoms with Gasteiger partial charge in [0, 0.05) is 5.56 Å². The standard InChI is InChI=1S/C64H118N/c1-4-7-10-13-16-19-22-25-28-31-34-37-40-43-46-49-55-60-65(63-64-58-53-52-54-59-64,61-56-50-47-44-41-38-35-32-29-26-23-20-17-14-11-8-5-2)62-57-51-48-45-42-39-36-33-30-27-24-21-18-15-12-9-6-3/h4-6,52-54,58-59H,1-3,7-51,55-57,60-63H2/q+1. The van der Waals surface area contributed by atoms with Crippen LogP contribution in [0.5, 0.6) is 0 Å². The second kappa shape index (κ2) is 51.8. The van der Waals surface area contributed by atoms with Crippen molar-refractivity contribution in [2.24, 2.45) is 0 Å². The van der Waals surface area contributed by atoms with Gasteiger partial charge in [0.25, 0.3) is 0 Å². The van der Waals surface area contributed by atoms with Crippen molar-refractivity contribution in [2.75, 3.05) is 19.6 Å². The van der Waals surface area contributed by atoms with Crippen molar-refractivity contribution in [1.29, 1.82) is 0 Å². The van der Waals surface area contributed by atoms with Gasteiger partial charge in [-0.1, -0.05) is 280 Å². The fourth-order valence-electron chi connectivity index (χ4n) is 10.6. The van der Waals surface area contributed by atoms with Gasteiger partial charge in [-0.25, -0.2) is 0 Å². The van der Waals surface area contributed by atoms with Crippen LogP contribution >= 0.6 is 0 Å². The summed E-state index contributed by atoms with van der Waals surface area (Å²) in [6.45, 7) is 17.0. The molecule has 0 spiro atoms. The smallest absolute Gasteiger partial charge is 0.104 e. The normalized spacial score (nSPS) is 11.7. The number of nitrogens with zero attached hydrogens (tertiary/aromatic N) is 1. The summed E-state index contributed by atoms with van der Waals surface area (Å²) in [4.78, 5) is 0. The third-order valence-corrected chi connectivity index (χ3v) is 15.0. The van der Waals surface area contributed by atoms with Crippen LogP contribution in [-0.2, 0) is 6.54 Å². The third kappa shape index (κ3) is 44.7. The van der Waals surface area contributed by atoms with Gasteiger partial charge < -0.3 is 4.48 Å². The molecule has 0 fully saturated rings. The quantitative estimate of drug-likeness (QED) is 0.0347.